The van der Waals surface area contributed by atoms with Gasteiger partial charge in [-0.3, -0.25) is 0 Å². The maximum absolute atomic E-state index is 11.5. The van der Waals surface area contributed by atoms with Crippen LogP contribution in [0.25, 0.3) is 0 Å². The third-order valence-corrected chi connectivity index (χ3v) is 3.81. The molecule has 1 aliphatic carbocycles. The van der Waals surface area contributed by atoms with Gasteiger partial charge in [0.05, 0.1) is 0 Å². The monoisotopic (exact) mass is 224 g/mol. The largest absolute Gasteiger partial charge is 0.456 e. The molecule has 1 aliphatic rings. The van der Waals surface area contributed by atoms with E-state index in [-0.39, 0.29) is 11.6 Å². The molecular formula is C14H24O2. The second-order valence-electron chi connectivity index (χ2n) is 4.94. The van der Waals surface area contributed by atoms with Crippen molar-refractivity contribution in [3.63, 3.8) is 0 Å². The molecule has 0 amide bonds. The van der Waals surface area contributed by atoms with Gasteiger partial charge in [-0.05, 0) is 38.0 Å². The van der Waals surface area contributed by atoms with Crippen molar-refractivity contribution >= 4 is 5.97 Å². The van der Waals surface area contributed by atoms with Gasteiger partial charge in [0.15, 0.2) is 0 Å². The van der Waals surface area contributed by atoms with E-state index in [4.69, 9.17) is 4.74 Å². The maximum atomic E-state index is 11.5. The second-order valence-corrected chi connectivity index (χ2v) is 4.94. The molecule has 0 aromatic carbocycles. The van der Waals surface area contributed by atoms with Gasteiger partial charge < -0.3 is 4.74 Å². The summed E-state index contributed by atoms with van der Waals surface area (Å²) in [6, 6.07) is 0. The minimum absolute atomic E-state index is 0.209. The zero-order chi connectivity index (χ0) is 12.0. The smallest absolute Gasteiger partial charge is 0.330 e. The molecule has 2 heteroatoms. The summed E-state index contributed by atoms with van der Waals surface area (Å²) in [7, 11) is 0. The summed E-state index contributed by atoms with van der Waals surface area (Å²) >= 11 is 0. The predicted octanol–water partition coefficient (Wildman–Crippen LogP) is 3.85. The maximum Gasteiger partial charge on any atom is 0.330 e. The molecule has 0 saturated heterocycles. The van der Waals surface area contributed by atoms with E-state index in [0.29, 0.717) is 5.92 Å². The lowest BCUT2D eigenvalue weighted by molar-refractivity contribution is -0.165. The summed E-state index contributed by atoms with van der Waals surface area (Å²) in [6.45, 7) is 7.88. The van der Waals surface area contributed by atoms with E-state index in [1.807, 2.05) is 0 Å². The average Bonchev–Trinajstić information content (AvgIpc) is 2.30. The summed E-state index contributed by atoms with van der Waals surface area (Å²) in [6.07, 6.45) is 9.22. The van der Waals surface area contributed by atoms with Crippen LogP contribution in [0.15, 0.2) is 12.7 Å². The molecule has 2 unspecified atom stereocenters. The Balaban J connectivity index is 2.72. The molecule has 0 aromatic rings. The van der Waals surface area contributed by atoms with Crippen LogP contribution in [-0.2, 0) is 9.53 Å². The Hall–Kier alpha value is -0.790. The van der Waals surface area contributed by atoms with Gasteiger partial charge in [-0.1, -0.05) is 33.3 Å². The van der Waals surface area contributed by atoms with Crippen molar-refractivity contribution in [1.29, 1.82) is 0 Å². The van der Waals surface area contributed by atoms with Crippen molar-refractivity contribution in [3.05, 3.63) is 12.7 Å². The Morgan fingerprint density at radius 2 is 2.31 bits per heavy atom. The van der Waals surface area contributed by atoms with Gasteiger partial charge >= 0.3 is 5.97 Å². The highest BCUT2D eigenvalue weighted by Crippen LogP contribution is 2.40. The minimum Gasteiger partial charge on any atom is -0.456 e. The number of esters is 1. The van der Waals surface area contributed by atoms with E-state index in [9.17, 15) is 4.79 Å². The first-order valence-electron chi connectivity index (χ1n) is 6.50. The highest BCUT2D eigenvalue weighted by Gasteiger charge is 2.40. The average molecular weight is 224 g/mol. The quantitative estimate of drug-likeness (QED) is 0.523. The first-order valence-corrected chi connectivity index (χ1v) is 6.50. The molecule has 1 rings (SSSR count). The Kier molecular flexibility index (Phi) is 5.04. The first-order chi connectivity index (χ1) is 7.64. The number of unbranched alkanes of at least 4 members (excludes halogenated alkanes) is 1. The Bertz CT molecular complexity index is 247. The van der Waals surface area contributed by atoms with Crippen molar-refractivity contribution in [3.8, 4) is 0 Å². The number of rotatable bonds is 5. The molecule has 0 aliphatic heterocycles. The molecule has 0 aromatic heterocycles. The van der Waals surface area contributed by atoms with E-state index in [1.165, 1.54) is 25.3 Å². The number of carbonyl (C=O) groups excluding carboxylic acids is 1. The van der Waals surface area contributed by atoms with Gasteiger partial charge in [0, 0.05) is 6.08 Å². The fourth-order valence-corrected chi connectivity index (χ4v) is 2.68. The second kappa shape index (κ2) is 6.07. The van der Waals surface area contributed by atoms with Crippen LogP contribution in [0.4, 0.5) is 0 Å². The standard InChI is InChI=1S/C14H24O2/c1-4-6-10-14(16-13(15)5-2)11-8-7-9-12(14)3/h5,12H,2,4,6-11H2,1,3H3. The highest BCUT2D eigenvalue weighted by molar-refractivity contribution is 5.81. The summed E-state index contributed by atoms with van der Waals surface area (Å²) in [4.78, 5) is 11.5. The predicted molar refractivity (Wildman–Crippen MR) is 66.2 cm³/mol. The zero-order valence-electron chi connectivity index (χ0n) is 10.6. The van der Waals surface area contributed by atoms with Crippen LogP contribution in [0.2, 0.25) is 0 Å². The van der Waals surface area contributed by atoms with Crippen molar-refractivity contribution in [2.75, 3.05) is 0 Å². The molecule has 0 bridgehead atoms. The van der Waals surface area contributed by atoms with Gasteiger partial charge in [-0.25, -0.2) is 4.79 Å². The highest BCUT2D eigenvalue weighted by atomic mass is 16.6. The van der Waals surface area contributed by atoms with E-state index in [0.717, 1.165) is 25.7 Å². The number of ether oxygens (including phenoxy) is 1. The topological polar surface area (TPSA) is 26.3 Å². The third kappa shape index (κ3) is 3.10. The molecule has 92 valence electrons. The van der Waals surface area contributed by atoms with Crippen LogP contribution in [0, 0.1) is 5.92 Å². The van der Waals surface area contributed by atoms with E-state index >= 15 is 0 Å². The van der Waals surface area contributed by atoms with Crippen LogP contribution in [0.1, 0.15) is 58.8 Å². The summed E-state index contributed by atoms with van der Waals surface area (Å²) in [5.41, 5.74) is -0.209. The van der Waals surface area contributed by atoms with Crippen molar-refractivity contribution in [1.82, 2.24) is 0 Å². The van der Waals surface area contributed by atoms with Crippen molar-refractivity contribution in [2.24, 2.45) is 5.92 Å². The Morgan fingerprint density at radius 3 is 2.88 bits per heavy atom. The third-order valence-electron chi connectivity index (χ3n) is 3.81. The van der Waals surface area contributed by atoms with E-state index in [2.05, 4.69) is 20.4 Å². The zero-order valence-corrected chi connectivity index (χ0v) is 10.6. The molecular weight excluding hydrogens is 200 g/mol. The van der Waals surface area contributed by atoms with Crippen LogP contribution >= 0.6 is 0 Å². The summed E-state index contributed by atoms with van der Waals surface area (Å²) in [5.74, 6) is 0.224. The van der Waals surface area contributed by atoms with Crippen LogP contribution in [-0.4, -0.2) is 11.6 Å². The van der Waals surface area contributed by atoms with Gasteiger partial charge in [0.25, 0.3) is 0 Å². The number of carbonyl (C=O) groups is 1. The Labute approximate surface area is 99.1 Å². The molecule has 0 radical (unpaired) electrons. The lowest BCUT2D eigenvalue weighted by Gasteiger charge is -2.42. The number of hydrogen-bond donors (Lipinski definition) is 0. The molecule has 0 N–H and O–H groups in total. The fourth-order valence-electron chi connectivity index (χ4n) is 2.68. The van der Waals surface area contributed by atoms with Gasteiger partial charge in [0.2, 0.25) is 0 Å². The molecule has 2 atom stereocenters. The lowest BCUT2D eigenvalue weighted by Crippen LogP contribution is -2.43. The molecule has 16 heavy (non-hydrogen) atoms. The van der Waals surface area contributed by atoms with E-state index < -0.39 is 0 Å². The molecule has 2 nitrogen and oxygen atoms in total. The molecule has 1 fully saturated rings. The van der Waals surface area contributed by atoms with Crippen LogP contribution < -0.4 is 0 Å². The minimum atomic E-state index is -0.259. The first kappa shape index (κ1) is 13.3. The van der Waals surface area contributed by atoms with Crippen molar-refractivity contribution < 1.29 is 9.53 Å². The SMILES string of the molecule is C=CC(=O)OC1(CCCC)CCCCC1C. The van der Waals surface area contributed by atoms with Gasteiger partial charge in [-0.2, -0.15) is 0 Å². The lowest BCUT2D eigenvalue weighted by atomic mass is 9.73. The number of hydrogen-bond acceptors (Lipinski definition) is 2. The molecule has 0 heterocycles. The van der Waals surface area contributed by atoms with Gasteiger partial charge in [-0.15, -0.1) is 0 Å². The Morgan fingerprint density at radius 1 is 1.56 bits per heavy atom. The van der Waals surface area contributed by atoms with Crippen molar-refractivity contribution in [2.45, 2.75) is 64.4 Å². The van der Waals surface area contributed by atoms with Crippen LogP contribution in [0.3, 0.4) is 0 Å². The fraction of sp³-hybridized carbons (Fsp3) is 0.786. The molecule has 0 spiro atoms. The van der Waals surface area contributed by atoms with Gasteiger partial charge in [0.1, 0.15) is 5.60 Å². The molecule has 1 saturated carbocycles. The van der Waals surface area contributed by atoms with E-state index in [1.54, 1.807) is 0 Å². The summed E-state index contributed by atoms with van der Waals surface area (Å²) in [5, 5.41) is 0. The summed E-state index contributed by atoms with van der Waals surface area (Å²) < 4.78 is 5.69. The van der Waals surface area contributed by atoms with Crippen LogP contribution in [0.5, 0.6) is 0 Å². The normalized spacial score (nSPS) is 29.8.